The normalized spacial score (nSPS) is 17.4. The molecule has 0 saturated carbocycles. The fraction of sp³-hybridized carbons (Fsp3) is 0.400. The molecular weight excluding hydrogens is 444 g/mol. The number of hydrogen-bond acceptors (Lipinski definition) is 7. The number of carbonyl (C=O) groups excluding carboxylic acids is 2. The molecule has 0 spiro atoms. The number of amides is 1. The highest BCUT2D eigenvalue weighted by Crippen LogP contribution is 2.28. The summed E-state index contributed by atoms with van der Waals surface area (Å²) in [4.78, 5) is 26.7. The second-order valence-electron chi connectivity index (χ2n) is 7.04. The lowest BCUT2D eigenvalue weighted by atomic mass is 10.00. The minimum Gasteiger partial charge on any atom is -0.451 e. The Balaban J connectivity index is 1.39. The van der Waals surface area contributed by atoms with E-state index in [-0.39, 0.29) is 15.7 Å². The van der Waals surface area contributed by atoms with E-state index >= 15 is 0 Å². The molecule has 2 aromatic rings. The van der Waals surface area contributed by atoms with Crippen molar-refractivity contribution < 1.29 is 22.7 Å². The van der Waals surface area contributed by atoms with Crippen molar-refractivity contribution in [1.82, 2.24) is 9.21 Å². The first-order valence-electron chi connectivity index (χ1n) is 9.64. The van der Waals surface area contributed by atoms with Crippen LogP contribution < -0.4 is 0 Å². The average molecular weight is 467 g/mol. The van der Waals surface area contributed by atoms with Gasteiger partial charge in [-0.3, -0.25) is 4.79 Å². The van der Waals surface area contributed by atoms with Crippen LogP contribution in [0.3, 0.4) is 0 Å². The summed E-state index contributed by atoms with van der Waals surface area (Å²) in [6, 6.07) is 9.39. The summed E-state index contributed by atoms with van der Waals surface area (Å²) in [7, 11) is -3.75. The van der Waals surface area contributed by atoms with Crippen LogP contribution in [0.15, 0.2) is 40.6 Å². The highest BCUT2D eigenvalue weighted by Gasteiger charge is 2.32. The van der Waals surface area contributed by atoms with Crippen molar-refractivity contribution in [3.05, 3.63) is 51.7 Å². The Labute approximate surface area is 184 Å². The summed E-state index contributed by atoms with van der Waals surface area (Å²) in [6.07, 6.45) is 0.761. The van der Waals surface area contributed by atoms with Gasteiger partial charge in [-0.1, -0.05) is 24.3 Å². The average Bonchev–Trinajstić information content (AvgIpc) is 3.28. The van der Waals surface area contributed by atoms with Gasteiger partial charge in [-0.25, -0.2) is 13.2 Å². The lowest BCUT2D eigenvalue weighted by molar-refractivity contribution is -0.135. The molecule has 30 heavy (non-hydrogen) atoms. The minimum absolute atomic E-state index is 0.0185. The molecule has 7 nitrogen and oxygen atoms in total. The molecule has 0 unspecified atom stereocenters. The Hall–Kier alpha value is -1.88. The van der Waals surface area contributed by atoms with E-state index in [0.29, 0.717) is 26.2 Å². The van der Waals surface area contributed by atoms with E-state index in [9.17, 15) is 18.0 Å². The number of ether oxygens (including phenoxy) is 1. The molecule has 0 aliphatic carbocycles. The van der Waals surface area contributed by atoms with Crippen LogP contribution in [-0.2, 0) is 32.5 Å². The van der Waals surface area contributed by atoms with Crippen LogP contribution in [0.4, 0.5) is 0 Å². The van der Waals surface area contributed by atoms with Gasteiger partial charge in [0.1, 0.15) is 9.77 Å². The van der Waals surface area contributed by atoms with E-state index < -0.39 is 22.6 Å². The van der Waals surface area contributed by atoms with Crippen molar-refractivity contribution in [2.24, 2.45) is 0 Å². The van der Waals surface area contributed by atoms with Gasteiger partial charge in [0.2, 0.25) is 10.0 Å². The van der Waals surface area contributed by atoms with Gasteiger partial charge in [0.25, 0.3) is 5.91 Å². The Bertz CT molecular complexity index is 1040. The highest BCUT2D eigenvalue weighted by molar-refractivity contribution is 7.99. The molecule has 0 bridgehead atoms. The molecule has 160 valence electrons. The third-order valence-electron chi connectivity index (χ3n) is 5.21. The van der Waals surface area contributed by atoms with Gasteiger partial charge in [0, 0.05) is 37.7 Å². The molecule has 1 fully saturated rings. The van der Waals surface area contributed by atoms with Crippen LogP contribution in [-0.4, -0.2) is 67.2 Å². The van der Waals surface area contributed by atoms with Crippen molar-refractivity contribution >= 4 is 45.0 Å². The number of sulfonamides is 1. The van der Waals surface area contributed by atoms with Crippen molar-refractivity contribution in [2.75, 3.05) is 37.7 Å². The zero-order valence-corrected chi connectivity index (χ0v) is 18.7. The van der Waals surface area contributed by atoms with E-state index in [0.717, 1.165) is 34.8 Å². The Kier molecular flexibility index (Phi) is 6.47. The zero-order valence-electron chi connectivity index (χ0n) is 16.3. The number of hydrogen-bond donors (Lipinski definition) is 0. The third-order valence-corrected chi connectivity index (χ3v) is 9.12. The van der Waals surface area contributed by atoms with Gasteiger partial charge in [0.15, 0.2) is 6.61 Å². The van der Waals surface area contributed by atoms with E-state index in [4.69, 9.17) is 4.74 Å². The number of carbonyl (C=O) groups is 2. The van der Waals surface area contributed by atoms with E-state index in [1.165, 1.54) is 15.9 Å². The fourth-order valence-electron chi connectivity index (χ4n) is 3.57. The number of nitrogens with zero attached hydrogens (tertiary/aromatic N) is 2. The first kappa shape index (κ1) is 21.4. The summed E-state index contributed by atoms with van der Waals surface area (Å²) >= 11 is 2.72. The molecule has 1 aromatic heterocycles. The highest BCUT2D eigenvalue weighted by atomic mass is 32.2. The molecule has 3 heterocycles. The van der Waals surface area contributed by atoms with Crippen LogP contribution in [0.2, 0.25) is 0 Å². The van der Waals surface area contributed by atoms with Crippen LogP contribution in [0.5, 0.6) is 0 Å². The number of fused-ring (bicyclic) bond motifs is 1. The molecule has 1 saturated heterocycles. The molecule has 2 aliphatic heterocycles. The molecular formula is C20H22N2O5S3. The number of esters is 1. The van der Waals surface area contributed by atoms with Gasteiger partial charge in [-0.2, -0.15) is 16.1 Å². The van der Waals surface area contributed by atoms with Gasteiger partial charge in [-0.15, -0.1) is 11.3 Å². The molecule has 1 amide bonds. The van der Waals surface area contributed by atoms with E-state index in [1.807, 2.05) is 18.2 Å². The van der Waals surface area contributed by atoms with Crippen molar-refractivity contribution in [3.8, 4) is 0 Å². The zero-order chi connectivity index (χ0) is 21.1. The summed E-state index contributed by atoms with van der Waals surface area (Å²) in [5.74, 6) is 0.403. The maximum atomic E-state index is 12.9. The summed E-state index contributed by atoms with van der Waals surface area (Å²) < 4.78 is 32.4. The number of thioether (sulfide) groups is 1. The molecule has 0 atom stereocenters. The van der Waals surface area contributed by atoms with Gasteiger partial charge in [-0.05, 0) is 29.0 Å². The second kappa shape index (κ2) is 9.09. The first-order valence-corrected chi connectivity index (χ1v) is 13.1. The summed E-state index contributed by atoms with van der Waals surface area (Å²) in [6.45, 7) is 1.49. The smallest absolute Gasteiger partial charge is 0.350 e. The van der Waals surface area contributed by atoms with E-state index in [2.05, 4.69) is 6.07 Å². The third kappa shape index (κ3) is 4.41. The number of benzene rings is 1. The molecule has 10 heteroatoms. The lowest BCUT2D eigenvalue weighted by Crippen LogP contribution is -2.39. The number of rotatable bonds is 5. The largest absolute Gasteiger partial charge is 0.451 e. The topological polar surface area (TPSA) is 84.0 Å². The van der Waals surface area contributed by atoms with Gasteiger partial charge >= 0.3 is 5.97 Å². The monoisotopic (exact) mass is 466 g/mol. The summed E-state index contributed by atoms with van der Waals surface area (Å²) in [5.41, 5.74) is 2.32. The summed E-state index contributed by atoms with van der Waals surface area (Å²) in [5, 5.41) is 1.56. The minimum atomic E-state index is -3.75. The molecule has 4 rings (SSSR count). The Morgan fingerprint density at radius 3 is 2.53 bits per heavy atom. The maximum Gasteiger partial charge on any atom is 0.350 e. The molecule has 0 radical (unpaired) electrons. The first-order chi connectivity index (χ1) is 14.5. The SMILES string of the molecule is O=C(OCC(=O)N1CCc2ccccc2C1)c1sccc1S(=O)(=O)N1CCSCC1. The van der Waals surface area contributed by atoms with Gasteiger partial charge in [0.05, 0.1) is 0 Å². The lowest BCUT2D eigenvalue weighted by Gasteiger charge is -2.28. The molecule has 2 aliphatic rings. The van der Waals surface area contributed by atoms with Gasteiger partial charge < -0.3 is 9.64 Å². The molecule has 1 aromatic carbocycles. The van der Waals surface area contributed by atoms with E-state index in [1.54, 1.807) is 22.0 Å². The van der Waals surface area contributed by atoms with Crippen LogP contribution in [0, 0.1) is 0 Å². The molecule has 0 N–H and O–H groups in total. The van der Waals surface area contributed by atoms with Crippen LogP contribution in [0.25, 0.3) is 0 Å². The van der Waals surface area contributed by atoms with Crippen molar-refractivity contribution in [1.29, 1.82) is 0 Å². The second-order valence-corrected chi connectivity index (χ2v) is 11.1. The predicted octanol–water partition coefficient (Wildman–Crippen LogP) is 2.23. The predicted molar refractivity (Wildman–Crippen MR) is 116 cm³/mol. The number of thiophene rings is 1. The maximum absolute atomic E-state index is 12.9. The van der Waals surface area contributed by atoms with Crippen LogP contribution >= 0.6 is 23.1 Å². The van der Waals surface area contributed by atoms with Crippen molar-refractivity contribution in [3.63, 3.8) is 0 Å². The Morgan fingerprint density at radius 2 is 1.77 bits per heavy atom. The van der Waals surface area contributed by atoms with Crippen LogP contribution in [0.1, 0.15) is 20.8 Å². The fourth-order valence-corrected chi connectivity index (χ4v) is 7.43. The van der Waals surface area contributed by atoms with Crippen molar-refractivity contribution in [2.45, 2.75) is 17.9 Å². The quantitative estimate of drug-likeness (QED) is 0.629. The standard InChI is InChI=1S/C20H22N2O5S3/c23-18(21-7-5-15-3-1-2-4-16(15)13-21)14-27-20(24)19-17(6-10-29-19)30(25,26)22-8-11-28-12-9-22/h1-4,6,10H,5,7-9,11-14H2. The Morgan fingerprint density at radius 1 is 1.03 bits per heavy atom.